The molecule has 0 aliphatic carbocycles. The van der Waals surface area contributed by atoms with Crippen molar-refractivity contribution in [2.24, 2.45) is 5.73 Å². The van der Waals surface area contributed by atoms with Crippen LogP contribution in [0.1, 0.15) is 12.6 Å². The molecule has 5 heteroatoms. The number of likely N-dealkylation sites (N-methyl/N-ethyl adjacent to an activating group) is 1. The number of nitrogens with zero attached hydrogens (tertiary/aromatic N) is 3. The Hall–Kier alpha value is -1.36. The second-order valence-corrected chi connectivity index (χ2v) is 3.67. The molecular formula is C10H18N4O. The Bertz CT molecular complexity index is 327. The highest BCUT2D eigenvalue weighted by atomic mass is 16.5. The Kier molecular flexibility index (Phi) is 3.85. The molecule has 0 amide bonds. The number of nitrogens with two attached hydrogens (primary N) is 1. The number of aromatic nitrogens is 2. The predicted molar refractivity (Wildman–Crippen MR) is 60.2 cm³/mol. The molecule has 1 unspecified atom stereocenters. The van der Waals surface area contributed by atoms with Crippen LogP contribution >= 0.6 is 0 Å². The molecule has 0 spiro atoms. The van der Waals surface area contributed by atoms with E-state index in [1.165, 1.54) is 6.33 Å². The van der Waals surface area contributed by atoms with Crippen LogP contribution < -0.4 is 15.4 Å². The molecule has 15 heavy (non-hydrogen) atoms. The fourth-order valence-electron chi connectivity index (χ4n) is 1.48. The van der Waals surface area contributed by atoms with E-state index in [-0.39, 0.29) is 6.04 Å². The zero-order valence-electron chi connectivity index (χ0n) is 9.69. The van der Waals surface area contributed by atoms with Gasteiger partial charge in [-0.15, -0.1) is 0 Å². The molecule has 0 bridgehead atoms. The molecule has 0 fully saturated rings. The molecule has 1 heterocycles. The highest BCUT2D eigenvalue weighted by molar-refractivity contribution is 5.53. The molecule has 0 radical (unpaired) electrons. The Labute approximate surface area is 90.3 Å². The molecule has 1 rings (SSSR count). The SMILES string of the molecule is COc1c(C)ncnc1N(C)CC(C)N. The summed E-state index contributed by atoms with van der Waals surface area (Å²) in [6, 6.07) is 0.0926. The van der Waals surface area contributed by atoms with E-state index in [2.05, 4.69) is 9.97 Å². The van der Waals surface area contributed by atoms with Gasteiger partial charge in [-0.25, -0.2) is 9.97 Å². The first-order valence-electron chi connectivity index (χ1n) is 4.88. The summed E-state index contributed by atoms with van der Waals surface area (Å²) in [6.07, 6.45) is 1.53. The Balaban J connectivity index is 2.97. The zero-order valence-corrected chi connectivity index (χ0v) is 9.69. The van der Waals surface area contributed by atoms with Crippen molar-refractivity contribution in [3.8, 4) is 5.75 Å². The topological polar surface area (TPSA) is 64.3 Å². The van der Waals surface area contributed by atoms with Crippen LogP contribution in [0.2, 0.25) is 0 Å². The summed E-state index contributed by atoms with van der Waals surface area (Å²) in [6.45, 7) is 4.58. The molecule has 1 atom stereocenters. The first-order valence-corrected chi connectivity index (χ1v) is 4.88. The highest BCUT2D eigenvalue weighted by Gasteiger charge is 2.13. The van der Waals surface area contributed by atoms with E-state index >= 15 is 0 Å². The lowest BCUT2D eigenvalue weighted by Crippen LogP contribution is -2.33. The van der Waals surface area contributed by atoms with Gasteiger partial charge in [0, 0.05) is 19.6 Å². The van der Waals surface area contributed by atoms with Crippen molar-refractivity contribution in [3.63, 3.8) is 0 Å². The Morgan fingerprint density at radius 3 is 2.73 bits per heavy atom. The van der Waals surface area contributed by atoms with E-state index in [4.69, 9.17) is 10.5 Å². The van der Waals surface area contributed by atoms with Crippen LogP contribution in [-0.2, 0) is 0 Å². The normalized spacial score (nSPS) is 12.3. The fourth-order valence-corrected chi connectivity index (χ4v) is 1.48. The molecular weight excluding hydrogens is 192 g/mol. The minimum absolute atomic E-state index is 0.0926. The van der Waals surface area contributed by atoms with Crippen molar-refractivity contribution in [2.75, 3.05) is 25.6 Å². The molecule has 5 nitrogen and oxygen atoms in total. The maximum absolute atomic E-state index is 5.73. The van der Waals surface area contributed by atoms with Gasteiger partial charge in [0.25, 0.3) is 0 Å². The van der Waals surface area contributed by atoms with Crippen molar-refractivity contribution in [2.45, 2.75) is 19.9 Å². The average molecular weight is 210 g/mol. The van der Waals surface area contributed by atoms with Crippen LogP contribution in [0.3, 0.4) is 0 Å². The van der Waals surface area contributed by atoms with Gasteiger partial charge in [0.05, 0.1) is 12.8 Å². The van der Waals surface area contributed by atoms with Gasteiger partial charge in [0.2, 0.25) is 0 Å². The van der Waals surface area contributed by atoms with E-state index in [1.54, 1.807) is 7.11 Å². The van der Waals surface area contributed by atoms with E-state index in [0.29, 0.717) is 5.75 Å². The second kappa shape index (κ2) is 4.93. The fraction of sp³-hybridized carbons (Fsp3) is 0.600. The van der Waals surface area contributed by atoms with Gasteiger partial charge in [-0.2, -0.15) is 0 Å². The lowest BCUT2D eigenvalue weighted by Gasteiger charge is -2.22. The molecule has 2 N–H and O–H groups in total. The largest absolute Gasteiger partial charge is 0.491 e. The van der Waals surface area contributed by atoms with Crippen molar-refractivity contribution in [3.05, 3.63) is 12.0 Å². The third kappa shape index (κ3) is 2.79. The number of ether oxygens (including phenoxy) is 1. The van der Waals surface area contributed by atoms with E-state index in [1.807, 2.05) is 25.8 Å². The predicted octanol–water partition coefficient (Wildman–Crippen LogP) is 0.577. The van der Waals surface area contributed by atoms with Gasteiger partial charge in [0.1, 0.15) is 6.33 Å². The summed E-state index contributed by atoms with van der Waals surface area (Å²) in [5.74, 6) is 1.49. The summed E-state index contributed by atoms with van der Waals surface area (Å²) in [5, 5.41) is 0. The first-order chi connectivity index (χ1) is 7.06. The van der Waals surface area contributed by atoms with Crippen molar-refractivity contribution >= 4 is 5.82 Å². The third-order valence-corrected chi connectivity index (χ3v) is 2.09. The van der Waals surface area contributed by atoms with E-state index in [0.717, 1.165) is 18.1 Å². The minimum Gasteiger partial charge on any atom is -0.491 e. The molecule has 0 saturated heterocycles. The number of aryl methyl sites for hydroxylation is 1. The van der Waals surface area contributed by atoms with Gasteiger partial charge in [-0.1, -0.05) is 0 Å². The maximum Gasteiger partial charge on any atom is 0.182 e. The Morgan fingerprint density at radius 1 is 1.53 bits per heavy atom. The van der Waals surface area contributed by atoms with Gasteiger partial charge in [0.15, 0.2) is 11.6 Å². The zero-order chi connectivity index (χ0) is 11.4. The van der Waals surface area contributed by atoms with Gasteiger partial charge in [-0.3, -0.25) is 0 Å². The molecule has 1 aromatic heterocycles. The summed E-state index contributed by atoms with van der Waals surface area (Å²) in [4.78, 5) is 10.2. The lowest BCUT2D eigenvalue weighted by molar-refractivity contribution is 0.406. The van der Waals surface area contributed by atoms with E-state index < -0.39 is 0 Å². The van der Waals surface area contributed by atoms with Gasteiger partial charge in [-0.05, 0) is 13.8 Å². The standard InChI is InChI=1S/C10H18N4O/c1-7(11)5-14(3)10-9(15-4)8(2)12-6-13-10/h6-7H,5,11H2,1-4H3. The molecule has 1 aromatic rings. The smallest absolute Gasteiger partial charge is 0.182 e. The Morgan fingerprint density at radius 2 is 2.20 bits per heavy atom. The van der Waals surface area contributed by atoms with Crippen LogP contribution in [0.25, 0.3) is 0 Å². The molecule has 0 aromatic carbocycles. The summed E-state index contributed by atoms with van der Waals surface area (Å²) in [5.41, 5.74) is 6.57. The molecule has 84 valence electrons. The molecule has 0 aliphatic heterocycles. The maximum atomic E-state index is 5.73. The van der Waals surface area contributed by atoms with Crippen LogP contribution in [0.15, 0.2) is 6.33 Å². The van der Waals surface area contributed by atoms with Crippen molar-refractivity contribution < 1.29 is 4.74 Å². The first kappa shape index (κ1) is 11.7. The van der Waals surface area contributed by atoms with Gasteiger partial charge >= 0.3 is 0 Å². The summed E-state index contributed by atoms with van der Waals surface area (Å²) < 4.78 is 5.27. The minimum atomic E-state index is 0.0926. The lowest BCUT2D eigenvalue weighted by atomic mass is 10.3. The summed E-state index contributed by atoms with van der Waals surface area (Å²) in [7, 11) is 3.56. The number of anilines is 1. The van der Waals surface area contributed by atoms with Gasteiger partial charge < -0.3 is 15.4 Å². The summed E-state index contributed by atoms with van der Waals surface area (Å²) >= 11 is 0. The van der Waals surface area contributed by atoms with Crippen LogP contribution in [0, 0.1) is 6.92 Å². The van der Waals surface area contributed by atoms with E-state index in [9.17, 15) is 0 Å². The van der Waals surface area contributed by atoms with Crippen LogP contribution in [0.5, 0.6) is 5.75 Å². The van der Waals surface area contributed by atoms with Crippen molar-refractivity contribution in [1.29, 1.82) is 0 Å². The highest BCUT2D eigenvalue weighted by Crippen LogP contribution is 2.26. The van der Waals surface area contributed by atoms with Crippen LogP contribution in [-0.4, -0.2) is 36.7 Å². The second-order valence-electron chi connectivity index (χ2n) is 3.67. The number of hydrogen-bond acceptors (Lipinski definition) is 5. The number of rotatable bonds is 4. The number of methoxy groups -OCH3 is 1. The van der Waals surface area contributed by atoms with Crippen molar-refractivity contribution in [1.82, 2.24) is 9.97 Å². The molecule has 0 saturated carbocycles. The molecule has 0 aliphatic rings. The third-order valence-electron chi connectivity index (χ3n) is 2.09. The monoisotopic (exact) mass is 210 g/mol. The number of hydrogen-bond donors (Lipinski definition) is 1. The quantitative estimate of drug-likeness (QED) is 0.787. The van der Waals surface area contributed by atoms with Crippen LogP contribution in [0.4, 0.5) is 5.82 Å². The average Bonchev–Trinajstić information content (AvgIpc) is 2.16.